The number of amides is 2. The average Bonchev–Trinajstić information content (AvgIpc) is 3.25. The van der Waals surface area contributed by atoms with Crippen LogP contribution in [0.15, 0.2) is 36.9 Å². The van der Waals surface area contributed by atoms with Crippen molar-refractivity contribution >= 4 is 30.0 Å². The Morgan fingerprint density at radius 1 is 0.674 bits per heavy atom. The summed E-state index contributed by atoms with van der Waals surface area (Å²) in [6.07, 6.45) is 24.0. The molecule has 0 fully saturated rings. The highest BCUT2D eigenvalue weighted by Gasteiger charge is 2.39. The SMILES string of the molecule is C=Cc1ccc(/C=C/c2cc(F)ccc2F)c2c1C(=O)N(CC(CCCCCCCC)CCCCCCCCCC)C2=O. The van der Waals surface area contributed by atoms with Gasteiger partial charge in [-0.2, -0.15) is 0 Å². The van der Waals surface area contributed by atoms with Gasteiger partial charge in [0.1, 0.15) is 11.6 Å². The van der Waals surface area contributed by atoms with Crippen molar-refractivity contribution in [3.63, 3.8) is 0 Å². The first kappa shape index (κ1) is 34.4. The number of carbonyl (C=O) groups is 2. The van der Waals surface area contributed by atoms with Gasteiger partial charge >= 0.3 is 0 Å². The van der Waals surface area contributed by atoms with E-state index in [9.17, 15) is 18.4 Å². The van der Waals surface area contributed by atoms with E-state index in [-0.39, 0.29) is 23.3 Å². The van der Waals surface area contributed by atoms with Gasteiger partial charge in [-0.05, 0) is 48.1 Å². The number of rotatable bonds is 21. The molecule has 0 saturated carbocycles. The van der Waals surface area contributed by atoms with Crippen LogP contribution in [0.25, 0.3) is 18.2 Å². The fourth-order valence-corrected chi connectivity index (χ4v) is 6.12. The molecule has 1 aliphatic heterocycles. The number of benzene rings is 2. The Kier molecular flexibility index (Phi) is 14.8. The van der Waals surface area contributed by atoms with Crippen molar-refractivity contribution in [2.24, 2.45) is 5.92 Å². The molecule has 0 spiro atoms. The van der Waals surface area contributed by atoms with Gasteiger partial charge in [-0.15, -0.1) is 0 Å². The van der Waals surface area contributed by atoms with Gasteiger partial charge in [-0.1, -0.05) is 141 Å². The monoisotopic (exact) mass is 591 g/mol. The first-order valence-electron chi connectivity index (χ1n) is 16.7. The Morgan fingerprint density at radius 2 is 1.16 bits per heavy atom. The van der Waals surface area contributed by atoms with Crippen molar-refractivity contribution in [2.75, 3.05) is 6.54 Å². The maximum absolute atomic E-state index is 14.3. The molecule has 0 saturated heterocycles. The van der Waals surface area contributed by atoms with E-state index in [1.54, 1.807) is 24.3 Å². The zero-order valence-electron chi connectivity index (χ0n) is 26.4. The molecule has 0 radical (unpaired) electrons. The summed E-state index contributed by atoms with van der Waals surface area (Å²) in [5.74, 6) is -1.43. The molecule has 0 aromatic heterocycles. The first-order chi connectivity index (χ1) is 20.9. The Hall–Kier alpha value is -3.08. The fourth-order valence-electron chi connectivity index (χ4n) is 6.12. The maximum Gasteiger partial charge on any atom is 0.262 e. The average molecular weight is 592 g/mol. The summed E-state index contributed by atoms with van der Waals surface area (Å²) in [6.45, 7) is 8.73. The first-order valence-corrected chi connectivity index (χ1v) is 16.7. The molecule has 1 heterocycles. The standard InChI is InChI=1S/C38H51F2NO2/c1-4-7-9-11-13-14-16-18-20-29(19-17-15-12-10-8-5-2)28-41-37(42)35-30(6-3)21-22-31(36(35)38(41)43)23-24-32-27-33(39)25-26-34(32)40/h6,21-27,29H,3-5,7-20,28H2,1-2H3/b24-23+. The van der Waals surface area contributed by atoms with Crippen molar-refractivity contribution in [1.82, 2.24) is 4.90 Å². The van der Waals surface area contributed by atoms with Crippen LogP contribution in [0.3, 0.4) is 0 Å². The number of hydrogen-bond acceptors (Lipinski definition) is 2. The highest BCUT2D eigenvalue weighted by molar-refractivity contribution is 6.24. The van der Waals surface area contributed by atoms with Gasteiger partial charge in [0, 0.05) is 12.1 Å². The Bertz CT molecular complexity index is 1230. The van der Waals surface area contributed by atoms with E-state index in [2.05, 4.69) is 20.4 Å². The van der Waals surface area contributed by atoms with E-state index in [0.29, 0.717) is 28.8 Å². The molecule has 3 rings (SSSR count). The molecule has 2 amide bonds. The van der Waals surface area contributed by atoms with E-state index in [0.717, 1.165) is 43.9 Å². The number of halogens is 2. The van der Waals surface area contributed by atoms with Crippen LogP contribution >= 0.6 is 0 Å². The third-order valence-electron chi connectivity index (χ3n) is 8.68. The van der Waals surface area contributed by atoms with Crippen molar-refractivity contribution in [3.05, 3.63) is 76.4 Å². The Morgan fingerprint density at radius 3 is 1.72 bits per heavy atom. The summed E-state index contributed by atoms with van der Waals surface area (Å²) in [5, 5.41) is 0. The molecule has 234 valence electrons. The third kappa shape index (κ3) is 10.3. The molecule has 43 heavy (non-hydrogen) atoms. The van der Waals surface area contributed by atoms with E-state index in [1.807, 2.05) is 0 Å². The van der Waals surface area contributed by atoms with Crippen LogP contribution in [0, 0.1) is 17.6 Å². The van der Waals surface area contributed by atoms with E-state index in [4.69, 9.17) is 0 Å². The van der Waals surface area contributed by atoms with Crippen molar-refractivity contribution in [2.45, 2.75) is 117 Å². The number of hydrogen-bond donors (Lipinski definition) is 0. The lowest BCUT2D eigenvalue weighted by molar-refractivity contribution is 0.0621. The highest BCUT2D eigenvalue weighted by Crippen LogP contribution is 2.33. The van der Waals surface area contributed by atoms with E-state index >= 15 is 0 Å². The Balaban J connectivity index is 1.73. The van der Waals surface area contributed by atoms with Crippen LogP contribution in [0.4, 0.5) is 8.78 Å². The normalized spacial score (nSPS) is 13.7. The van der Waals surface area contributed by atoms with Crippen LogP contribution < -0.4 is 0 Å². The molecule has 5 heteroatoms. The Labute approximate surface area is 258 Å². The molecule has 0 aliphatic carbocycles. The zero-order valence-corrected chi connectivity index (χ0v) is 26.4. The molecule has 2 aromatic rings. The molecule has 0 N–H and O–H groups in total. The molecular weight excluding hydrogens is 540 g/mol. The van der Waals surface area contributed by atoms with Gasteiger partial charge in [0.05, 0.1) is 11.1 Å². The van der Waals surface area contributed by atoms with Crippen LogP contribution in [-0.4, -0.2) is 23.3 Å². The molecule has 0 bridgehead atoms. The largest absolute Gasteiger partial charge is 0.274 e. The predicted octanol–water partition coefficient (Wildman–Crippen LogP) is 11.3. The predicted molar refractivity (Wildman–Crippen MR) is 176 cm³/mol. The van der Waals surface area contributed by atoms with Crippen LogP contribution in [0.5, 0.6) is 0 Å². The van der Waals surface area contributed by atoms with Gasteiger partial charge in [0.2, 0.25) is 0 Å². The van der Waals surface area contributed by atoms with Gasteiger partial charge in [-0.3, -0.25) is 14.5 Å². The number of nitrogens with zero attached hydrogens (tertiary/aromatic N) is 1. The summed E-state index contributed by atoms with van der Waals surface area (Å²) in [7, 11) is 0. The number of unbranched alkanes of at least 4 members (excludes halogenated alkanes) is 12. The van der Waals surface area contributed by atoms with Crippen molar-refractivity contribution in [3.8, 4) is 0 Å². The van der Waals surface area contributed by atoms with Crippen molar-refractivity contribution in [1.29, 1.82) is 0 Å². The summed E-state index contributed by atoms with van der Waals surface area (Å²) in [4.78, 5) is 29.0. The van der Waals surface area contributed by atoms with Crippen LogP contribution in [-0.2, 0) is 0 Å². The summed E-state index contributed by atoms with van der Waals surface area (Å²) >= 11 is 0. The van der Waals surface area contributed by atoms with E-state index < -0.39 is 11.6 Å². The number of carbonyl (C=O) groups excluding carboxylic acids is 2. The third-order valence-corrected chi connectivity index (χ3v) is 8.68. The summed E-state index contributed by atoms with van der Waals surface area (Å²) < 4.78 is 28.0. The quantitative estimate of drug-likeness (QED) is 0.0822. The molecule has 2 aromatic carbocycles. The topological polar surface area (TPSA) is 37.4 Å². The van der Waals surface area contributed by atoms with Crippen molar-refractivity contribution < 1.29 is 18.4 Å². The number of imide groups is 1. The van der Waals surface area contributed by atoms with Crippen LogP contribution in [0.1, 0.15) is 154 Å². The zero-order chi connectivity index (χ0) is 31.0. The second-order valence-corrected chi connectivity index (χ2v) is 12.1. The number of fused-ring (bicyclic) bond motifs is 1. The highest BCUT2D eigenvalue weighted by atomic mass is 19.1. The van der Waals surface area contributed by atoms with Crippen LogP contribution in [0.2, 0.25) is 0 Å². The van der Waals surface area contributed by atoms with E-state index in [1.165, 1.54) is 88.0 Å². The second kappa shape index (κ2) is 18.6. The summed E-state index contributed by atoms with van der Waals surface area (Å²) in [5.41, 5.74) is 1.88. The maximum atomic E-state index is 14.3. The minimum Gasteiger partial charge on any atom is -0.274 e. The lowest BCUT2D eigenvalue weighted by Gasteiger charge is -2.23. The lowest BCUT2D eigenvalue weighted by Crippen LogP contribution is -2.35. The van der Waals surface area contributed by atoms with Gasteiger partial charge in [0.25, 0.3) is 11.8 Å². The second-order valence-electron chi connectivity index (χ2n) is 12.1. The van der Waals surface area contributed by atoms with Gasteiger partial charge < -0.3 is 0 Å². The van der Waals surface area contributed by atoms with Gasteiger partial charge in [-0.25, -0.2) is 8.78 Å². The molecule has 1 atom stereocenters. The van der Waals surface area contributed by atoms with Gasteiger partial charge in [0.15, 0.2) is 0 Å². The molecule has 1 unspecified atom stereocenters. The molecule has 3 nitrogen and oxygen atoms in total. The lowest BCUT2D eigenvalue weighted by atomic mass is 9.93. The molecular formula is C38H51F2NO2. The minimum absolute atomic E-state index is 0.0829. The molecule has 1 aliphatic rings. The smallest absolute Gasteiger partial charge is 0.262 e. The fraction of sp³-hybridized carbons (Fsp3) is 0.526. The minimum atomic E-state index is -0.556. The summed E-state index contributed by atoms with van der Waals surface area (Å²) in [6, 6.07) is 6.76.